The molecule has 0 aliphatic carbocycles. The highest BCUT2D eigenvalue weighted by Crippen LogP contribution is 2.44. The van der Waals surface area contributed by atoms with Crippen LogP contribution in [0.3, 0.4) is 0 Å². The molecular weight excluding hydrogens is 186 g/mol. The van der Waals surface area contributed by atoms with Crippen molar-refractivity contribution in [3.8, 4) is 0 Å². The third-order valence-electron chi connectivity index (χ3n) is 3.73. The Bertz CT molecular complexity index is 411. The van der Waals surface area contributed by atoms with Crippen LogP contribution in [0.4, 0.5) is 5.69 Å². The summed E-state index contributed by atoms with van der Waals surface area (Å²) in [5.41, 5.74) is 1.86. The van der Waals surface area contributed by atoms with E-state index < -0.39 is 0 Å². The number of carbonyl (C=O) groups excluding carboxylic acids is 1. The SMILES string of the molecule is CC(C)C1(C)C(=O)N(C)c2ccccc21. The van der Waals surface area contributed by atoms with E-state index in [1.165, 1.54) is 0 Å². The van der Waals surface area contributed by atoms with Crippen LogP contribution in [0.15, 0.2) is 24.3 Å². The molecule has 1 aliphatic heterocycles. The Hall–Kier alpha value is -1.31. The highest BCUT2D eigenvalue weighted by molar-refractivity contribution is 6.07. The molecule has 2 nitrogen and oxygen atoms in total. The molecule has 1 unspecified atom stereocenters. The van der Waals surface area contributed by atoms with Gasteiger partial charge in [-0.05, 0) is 24.5 Å². The first kappa shape index (κ1) is 10.2. The Balaban J connectivity index is 2.66. The van der Waals surface area contributed by atoms with E-state index in [0.29, 0.717) is 5.92 Å². The summed E-state index contributed by atoms with van der Waals surface area (Å²) in [7, 11) is 1.86. The Labute approximate surface area is 90.9 Å². The van der Waals surface area contributed by atoms with Crippen molar-refractivity contribution in [2.45, 2.75) is 26.2 Å². The average molecular weight is 203 g/mol. The van der Waals surface area contributed by atoms with Crippen molar-refractivity contribution in [3.05, 3.63) is 29.8 Å². The smallest absolute Gasteiger partial charge is 0.237 e. The van der Waals surface area contributed by atoms with Crippen LogP contribution in [0.25, 0.3) is 0 Å². The number of amides is 1. The minimum absolute atomic E-state index is 0.207. The van der Waals surface area contributed by atoms with Gasteiger partial charge in [-0.3, -0.25) is 4.79 Å². The second-order valence-electron chi connectivity index (χ2n) is 4.74. The molecule has 0 aromatic heterocycles. The van der Waals surface area contributed by atoms with Crippen molar-refractivity contribution in [1.29, 1.82) is 0 Å². The van der Waals surface area contributed by atoms with E-state index >= 15 is 0 Å². The lowest BCUT2D eigenvalue weighted by molar-refractivity contribution is -0.123. The minimum Gasteiger partial charge on any atom is -0.314 e. The van der Waals surface area contributed by atoms with Gasteiger partial charge in [0.15, 0.2) is 0 Å². The van der Waals surface area contributed by atoms with Gasteiger partial charge < -0.3 is 4.90 Å². The van der Waals surface area contributed by atoms with Gasteiger partial charge in [-0.15, -0.1) is 0 Å². The maximum absolute atomic E-state index is 12.3. The summed E-state index contributed by atoms with van der Waals surface area (Å²) in [6.45, 7) is 6.25. The van der Waals surface area contributed by atoms with Crippen molar-refractivity contribution in [1.82, 2.24) is 0 Å². The molecule has 0 saturated carbocycles. The highest BCUT2D eigenvalue weighted by Gasteiger charge is 2.47. The molecule has 0 fully saturated rings. The first-order valence-corrected chi connectivity index (χ1v) is 5.37. The zero-order valence-corrected chi connectivity index (χ0v) is 9.74. The first-order valence-electron chi connectivity index (χ1n) is 5.37. The van der Waals surface area contributed by atoms with Gasteiger partial charge in [0.25, 0.3) is 0 Å². The van der Waals surface area contributed by atoms with Gasteiger partial charge in [0, 0.05) is 12.7 Å². The summed E-state index contributed by atoms with van der Waals surface area (Å²) in [6.07, 6.45) is 0. The third kappa shape index (κ3) is 1.14. The summed E-state index contributed by atoms with van der Waals surface area (Å²) in [6, 6.07) is 8.07. The van der Waals surface area contributed by atoms with Crippen LogP contribution in [0, 0.1) is 5.92 Å². The fraction of sp³-hybridized carbons (Fsp3) is 0.462. The number of para-hydroxylation sites is 1. The van der Waals surface area contributed by atoms with Gasteiger partial charge >= 0.3 is 0 Å². The largest absolute Gasteiger partial charge is 0.314 e. The number of rotatable bonds is 1. The maximum Gasteiger partial charge on any atom is 0.237 e. The molecule has 0 spiro atoms. The lowest BCUT2D eigenvalue weighted by atomic mass is 9.74. The van der Waals surface area contributed by atoms with E-state index in [-0.39, 0.29) is 11.3 Å². The van der Waals surface area contributed by atoms with Gasteiger partial charge in [-0.1, -0.05) is 32.0 Å². The Morgan fingerprint density at radius 1 is 1.27 bits per heavy atom. The van der Waals surface area contributed by atoms with E-state index in [4.69, 9.17) is 0 Å². The minimum atomic E-state index is -0.356. The molecule has 0 radical (unpaired) electrons. The van der Waals surface area contributed by atoms with Crippen LogP contribution in [-0.4, -0.2) is 13.0 Å². The molecule has 0 N–H and O–H groups in total. The van der Waals surface area contributed by atoms with Crippen molar-refractivity contribution < 1.29 is 4.79 Å². The van der Waals surface area contributed by atoms with Gasteiger partial charge in [-0.2, -0.15) is 0 Å². The molecule has 1 aromatic carbocycles. The topological polar surface area (TPSA) is 20.3 Å². The van der Waals surface area contributed by atoms with E-state index in [9.17, 15) is 4.79 Å². The molecule has 2 rings (SSSR count). The van der Waals surface area contributed by atoms with Crippen LogP contribution in [-0.2, 0) is 10.2 Å². The number of hydrogen-bond donors (Lipinski definition) is 0. The summed E-state index contributed by atoms with van der Waals surface area (Å²) in [4.78, 5) is 14.0. The summed E-state index contributed by atoms with van der Waals surface area (Å²) >= 11 is 0. The normalized spacial score (nSPS) is 24.9. The predicted octanol–water partition coefficient (Wildman–Crippen LogP) is 2.58. The van der Waals surface area contributed by atoms with Crippen LogP contribution in [0.2, 0.25) is 0 Å². The second-order valence-corrected chi connectivity index (χ2v) is 4.74. The highest BCUT2D eigenvalue weighted by atomic mass is 16.2. The Morgan fingerprint density at radius 3 is 2.47 bits per heavy atom. The molecule has 1 aromatic rings. The second kappa shape index (κ2) is 3.09. The van der Waals surface area contributed by atoms with Crippen molar-refractivity contribution in [2.24, 2.45) is 5.92 Å². The standard InChI is InChI=1S/C13H17NO/c1-9(2)13(3)10-7-5-6-8-11(10)14(4)12(13)15/h5-9H,1-4H3. The molecule has 1 aliphatic rings. The van der Waals surface area contributed by atoms with Crippen molar-refractivity contribution in [3.63, 3.8) is 0 Å². The fourth-order valence-electron chi connectivity index (χ4n) is 2.34. The molecule has 2 heteroatoms. The number of benzene rings is 1. The average Bonchev–Trinajstić information content (AvgIpc) is 2.43. The Kier molecular flexibility index (Phi) is 2.10. The molecule has 15 heavy (non-hydrogen) atoms. The number of anilines is 1. The van der Waals surface area contributed by atoms with Crippen LogP contribution >= 0.6 is 0 Å². The number of hydrogen-bond acceptors (Lipinski definition) is 1. The van der Waals surface area contributed by atoms with Crippen LogP contribution < -0.4 is 4.90 Å². The summed E-state index contributed by atoms with van der Waals surface area (Å²) < 4.78 is 0. The summed E-state index contributed by atoms with van der Waals surface area (Å²) in [5.74, 6) is 0.523. The molecule has 1 heterocycles. The zero-order valence-electron chi connectivity index (χ0n) is 9.74. The van der Waals surface area contributed by atoms with E-state index in [2.05, 4.69) is 19.9 Å². The lowest BCUT2D eigenvalue weighted by Gasteiger charge is -2.27. The quantitative estimate of drug-likeness (QED) is 0.687. The molecule has 0 saturated heterocycles. The number of fused-ring (bicyclic) bond motifs is 1. The zero-order chi connectivity index (χ0) is 11.2. The predicted molar refractivity (Wildman–Crippen MR) is 62.0 cm³/mol. The number of nitrogens with zero attached hydrogens (tertiary/aromatic N) is 1. The van der Waals surface area contributed by atoms with Crippen molar-refractivity contribution >= 4 is 11.6 Å². The monoisotopic (exact) mass is 203 g/mol. The van der Waals surface area contributed by atoms with Crippen molar-refractivity contribution in [2.75, 3.05) is 11.9 Å². The molecule has 1 amide bonds. The first-order chi connectivity index (χ1) is 6.99. The Morgan fingerprint density at radius 2 is 1.87 bits per heavy atom. The van der Waals surface area contributed by atoms with Gasteiger partial charge in [0.05, 0.1) is 5.41 Å². The number of carbonyl (C=O) groups is 1. The third-order valence-corrected chi connectivity index (χ3v) is 3.73. The van der Waals surface area contributed by atoms with Gasteiger partial charge in [0.2, 0.25) is 5.91 Å². The summed E-state index contributed by atoms with van der Waals surface area (Å²) in [5, 5.41) is 0. The van der Waals surface area contributed by atoms with Crippen LogP contribution in [0.5, 0.6) is 0 Å². The number of likely N-dealkylation sites (N-methyl/N-ethyl adjacent to an activating group) is 1. The van der Waals surface area contributed by atoms with Gasteiger partial charge in [0.1, 0.15) is 0 Å². The maximum atomic E-state index is 12.3. The van der Waals surface area contributed by atoms with E-state index in [0.717, 1.165) is 11.3 Å². The van der Waals surface area contributed by atoms with Gasteiger partial charge in [-0.25, -0.2) is 0 Å². The van der Waals surface area contributed by atoms with E-state index in [1.807, 2.05) is 32.2 Å². The fourth-order valence-corrected chi connectivity index (χ4v) is 2.34. The molecule has 80 valence electrons. The molecule has 0 bridgehead atoms. The van der Waals surface area contributed by atoms with E-state index in [1.54, 1.807) is 4.90 Å². The van der Waals surface area contributed by atoms with Crippen LogP contribution in [0.1, 0.15) is 26.3 Å². The molecular formula is C13H17NO. The lowest BCUT2D eigenvalue weighted by Crippen LogP contribution is -2.40. The molecule has 1 atom stereocenters.